The Balaban J connectivity index is 1.99. The molecule has 1 heterocycles. The number of rotatable bonds is 2. The number of benzene rings is 2. The van der Waals surface area contributed by atoms with Gasteiger partial charge in [0.25, 0.3) is 5.91 Å². The van der Waals surface area contributed by atoms with E-state index in [1.807, 2.05) is 6.07 Å². The van der Waals surface area contributed by atoms with Crippen LogP contribution in [0.4, 0.5) is 11.4 Å². The molecule has 21 heavy (non-hydrogen) atoms. The second kappa shape index (κ2) is 5.17. The summed E-state index contributed by atoms with van der Waals surface area (Å²) in [4.78, 5) is 13.8. The number of carbonyl (C=O) groups is 1. The highest BCUT2D eigenvalue weighted by atomic mass is 16.5. The molecule has 5 nitrogen and oxygen atoms in total. The summed E-state index contributed by atoms with van der Waals surface area (Å²) in [7, 11) is 0. The molecule has 3 rings (SSSR count). The molecule has 1 aliphatic heterocycles. The van der Waals surface area contributed by atoms with Crippen LogP contribution >= 0.6 is 0 Å². The van der Waals surface area contributed by atoms with Crippen LogP contribution in [0.1, 0.15) is 11.1 Å². The van der Waals surface area contributed by atoms with Crippen LogP contribution in [-0.2, 0) is 11.3 Å². The molecule has 0 atom stereocenters. The molecule has 0 bridgehead atoms. The lowest BCUT2D eigenvalue weighted by molar-refractivity contribution is -0.121. The van der Waals surface area contributed by atoms with Crippen LogP contribution in [0.3, 0.4) is 0 Å². The first-order valence-corrected chi connectivity index (χ1v) is 6.50. The zero-order chi connectivity index (χ0) is 14.8. The summed E-state index contributed by atoms with van der Waals surface area (Å²) in [6, 6.07) is 14.6. The van der Waals surface area contributed by atoms with Gasteiger partial charge in [-0.1, -0.05) is 18.2 Å². The summed E-state index contributed by atoms with van der Waals surface area (Å²) >= 11 is 0. The van der Waals surface area contributed by atoms with E-state index < -0.39 is 0 Å². The summed E-state index contributed by atoms with van der Waals surface area (Å²) in [5.74, 6) is 0.453. The lowest BCUT2D eigenvalue weighted by Crippen LogP contribution is -2.38. The molecule has 0 unspecified atom stereocenters. The molecule has 104 valence electrons. The number of carbonyl (C=O) groups excluding carboxylic acids is 1. The first-order chi connectivity index (χ1) is 10.2. The van der Waals surface area contributed by atoms with E-state index in [1.165, 1.54) is 0 Å². The monoisotopic (exact) mass is 279 g/mol. The van der Waals surface area contributed by atoms with E-state index >= 15 is 0 Å². The average molecular weight is 279 g/mol. The maximum Gasteiger partial charge on any atom is 0.265 e. The summed E-state index contributed by atoms with van der Waals surface area (Å²) in [6.07, 6.45) is 0. The van der Waals surface area contributed by atoms with Crippen LogP contribution in [0.2, 0.25) is 0 Å². The lowest BCUT2D eigenvalue weighted by Gasteiger charge is -2.30. The van der Waals surface area contributed by atoms with Crippen LogP contribution in [-0.4, -0.2) is 12.5 Å². The van der Waals surface area contributed by atoms with Crippen molar-refractivity contribution in [3.63, 3.8) is 0 Å². The maximum absolute atomic E-state index is 12.1. The molecule has 5 heteroatoms. The zero-order valence-corrected chi connectivity index (χ0v) is 11.2. The van der Waals surface area contributed by atoms with Crippen LogP contribution in [0.5, 0.6) is 5.75 Å². The molecule has 2 aromatic carbocycles. The second-order valence-electron chi connectivity index (χ2n) is 4.77. The Kier molecular flexibility index (Phi) is 3.20. The van der Waals surface area contributed by atoms with Crippen molar-refractivity contribution in [1.29, 1.82) is 5.26 Å². The van der Waals surface area contributed by atoms with Gasteiger partial charge in [0.15, 0.2) is 6.61 Å². The number of nitrogens with zero attached hydrogens (tertiary/aromatic N) is 2. The SMILES string of the molecule is N#Cc1cccc(CN2C(=O)COc3cccc(N)c32)c1. The molecule has 2 aromatic rings. The second-order valence-corrected chi connectivity index (χ2v) is 4.77. The van der Waals surface area contributed by atoms with E-state index in [-0.39, 0.29) is 12.5 Å². The van der Waals surface area contributed by atoms with E-state index in [0.29, 0.717) is 29.2 Å². The number of nitrogen functional groups attached to an aromatic ring is 1. The number of amides is 1. The lowest BCUT2D eigenvalue weighted by atomic mass is 10.1. The number of nitrogens with two attached hydrogens (primary N) is 1. The van der Waals surface area contributed by atoms with Gasteiger partial charge in [0, 0.05) is 0 Å². The summed E-state index contributed by atoms with van der Waals surface area (Å²) in [5.41, 5.74) is 8.51. The molecule has 1 amide bonds. The minimum Gasteiger partial charge on any atom is -0.481 e. The molecular weight excluding hydrogens is 266 g/mol. The van der Waals surface area contributed by atoms with E-state index in [9.17, 15) is 4.79 Å². The molecular formula is C16H13N3O2. The van der Waals surface area contributed by atoms with Gasteiger partial charge in [-0.3, -0.25) is 9.69 Å². The van der Waals surface area contributed by atoms with Gasteiger partial charge >= 0.3 is 0 Å². The summed E-state index contributed by atoms with van der Waals surface area (Å²) < 4.78 is 5.41. The van der Waals surface area contributed by atoms with Crippen molar-refractivity contribution in [2.24, 2.45) is 0 Å². The van der Waals surface area contributed by atoms with Crippen molar-refractivity contribution >= 4 is 17.3 Å². The van der Waals surface area contributed by atoms with Crippen LogP contribution in [0, 0.1) is 11.3 Å². The van der Waals surface area contributed by atoms with Crippen molar-refractivity contribution in [1.82, 2.24) is 0 Å². The highest BCUT2D eigenvalue weighted by molar-refractivity contribution is 6.01. The van der Waals surface area contributed by atoms with Gasteiger partial charge in [0.2, 0.25) is 0 Å². The fourth-order valence-electron chi connectivity index (χ4n) is 2.38. The third-order valence-electron chi connectivity index (χ3n) is 3.35. The van der Waals surface area contributed by atoms with E-state index in [2.05, 4.69) is 6.07 Å². The van der Waals surface area contributed by atoms with Gasteiger partial charge in [0.05, 0.1) is 23.9 Å². The largest absolute Gasteiger partial charge is 0.481 e. The zero-order valence-electron chi connectivity index (χ0n) is 11.2. The van der Waals surface area contributed by atoms with Gasteiger partial charge in [-0.15, -0.1) is 0 Å². The Morgan fingerprint density at radius 1 is 1.29 bits per heavy atom. The predicted molar refractivity (Wildman–Crippen MR) is 78.7 cm³/mol. The average Bonchev–Trinajstić information content (AvgIpc) is 2.50. The van der Waals surface area contributed by atoms with Crippen molar-refractivity contribution in [3.8, 4) is 11.8 Å². The molecule has 0 fully saturated rings. The van der Waals surface area contributed by atoms with Gasteiger partial charge in [-0.05, 0) is 29.8 Å². The third-order valence-corrected chi connectivity index (χ3v) is 3.35. The van der Waals surface area contributed by atoms with Crippen LogP contribution < -0.4 is 15.4 Å². The number of anilines is 2. The maximum atomic E-state index is 12.1. The first-order valence-electron chi connectivity index (χ1n) is 6.50. The Hall–Kier alpha value is -3.00. The smallest absolute Gasteiger partial charge is 0.265 e. The Morgan fingerprint density at radius 2 is 2.10 bits per heavy atom. The number of nitriles is 1. The number of fused-ring (bicyclic) bond motifs is 1. The van der Waals surface area contributed by atoms with Crippen molar-refractivity contribution in [2.45, 2.75) is 6.54 Å². The summed E-state index contributed by atoms with van der Waals surface area (Å²) in [6.45, 7) is 0.354. The molecule has 0 spiro atoms. The number of ether oxygens (including phenoxy) is 1. The highest BCUT2D eigenvalue weighted by Crippen LogP contribution is 2.37. The third kappa shape index (κ3) is 2.39. The minimum absolute atomic E-state index is 0.00556. The molecule has 0 aromatic heterocycles. The molecule has 0 saturated heterocycles. The topological polar surface area (TPSA) is 79.3 Å². The van der Waals surface area contributed by atoms with E-state index in [0.717, 1.165) is 5.56 Å². The fourth-order valence-corrected chi connectivity index (χ4v) is 2.38. The number of hydrogen-bond donors (Lipinski definition) is 1. The van der Waals surface area contributed by atoms with E-state index in [1.54, 1.807) is 41.3 Å². The molecule has 0 radical (unpaired) electrons. The van der Waals surface area contributed by atoms with Crippen LogP contribution in [0.25, 0.3) is 0 Å². The summed E-state index contributed by atoms with van der Waals surface area (Å²) in [5, 5.41) is 8.95. The van der Waals surface area contributed by atoms with Gasteiger partial charge < -0.3 is 10.5 Å². The number of para-hydroxylation sites is 1. The number of hydrogen-bond acceptors (Lipinski definition) is 4. The fraction of sp³-hybridized carbons (Fsp3) is 0.125. The van der Waals surface area contributed by atoms with Gasteiger partial charge in [-0.25, -0.2) is 0 Å². The van der Waals surface area contributed by atoms with Gasteiger partial charge in [-0.2, -0.15) is 5.26 Å². The molecule has 2 N–H and O–H groups in total. The standard InChI is InChI=1S/C16H13N3O2/c17-8-11-3-1-4-12(7-11)9-19-15(20)10-21-14-6-2-5-13(18)16(14)19/h1-7H,9-10,18H2. The molecule has 0 saturated carbocycles. The van der Waals surface area contributed by atoms with Crippen LogP contribution in [0.15, 0.2) is 42.5 Å². The first kappa shape index (κ1) is 13.0. The highest BCUT2D eigenvalue weighted by Gasteiger charge is 2.27. The molecule has 0 aliphatic carbocycles. The quantitative estimate of drug-likeness (QED) is 0.853. The van der Waals surface area contributed by atoms with Gasteiger partial charge in [0.1, 0.15) is 11.4 Å². The van der Waals surface area contributed by atoms with Crippen molar-refractivity contribution in [3.05, 3.63) is 53.6 Å². The van der Waals surface area contributed by atoms with Crippen molar-refractivity contribution in [2.75, 3.05) is 17.2 Å². The van der Waals surface area contributed by atoms with Crippen molar-refractivity contribution < 1.29 is 9.53 Å². The normalized spacial score (nSPS) is 13.3. The van der Waals surface area contributed by atoms with E-state index in [4.69, 9.17) is 15.7 Å². The predicted octanol–water partition coefficient (Wildman–Crippen LogP) is 2.07. The Morgan fingerprint density at radius 3 is 2.90 bits per heavy atom. The Bertz CT molecular complexity index is 749. The Labute approximate surface area is 122 Å². The molecule has 1 aliphatic rings. The minimum atomic E-state index is -0.150.